The van der Waals surface area contributed by atoms with Crippen molar-refractivity contribution in [1.82, 2.24) is 15.0 Å². The van der Waals surface area contributed by atoms with E-state index in [1.54, 1.807) is 42.7 Å². The molecule has 3 N–H and O–H groups in total. The standard InChI is InChI=1S/C17H12N4O2/c22-16-11-3-1-2-4-13(11)18-8-12(16)17(23)21-10-5-6-14-15(7-10)20-9-19-14/h1-9H,(H,18,22)(H,19,20)(H,21,23). The quantitative estimate of drug-likeness (QED) is 0.531. The number of benzene rings is 2. The van der Waals surface area contributed by atoms with Gasteiger partial charge in [0, 0.05) is 22.8 Å². The number of rotatable bonds is 2. The second-order valence-corrected chi connectivity index (χ2v) is 5.17. The van der Waals surface area contributed by atoms with E-state index in [0.717, 1.165) is 11.0 Å². The summed E-state index contributed by atoms with van der Waals surface area (Å²) in [7, 11) is 0. The van der Waals surface area contributed by atoms with Crippen molar-refractivity contribution in [3.05, 3.63) is 70.8 Å². The van der Waals surface area contributed by atoms with Gasteiger partial charge in [-0.3, -0.25) is 9.59 Å². The number of amides is 1. The van der Waals surface area contributed by atoms with Crippen LogP contribution in [0.4, 0.5) is 5.69 Å². The lowest BCUT2D eigenvalue weighted by atomic mass is 10.1. The molecule has 0 aliphatic heterocycles. The van der Waals surface area contributed by atoms with E-state index in [4.69, 9.17) is 0 Å². The number of nitrogens with one attached hydrogen (secondary N) is 3. The molecule has 4 aromatic rings. The smallest absolute Gasteiger partial charge is 0.261 e. The number of anilines is 1. The van der Waals surface area contributed by atoms with Crippen LogP contribution in [0.2, 0.25) is 0 Å². The van der Waals surface area contributed by atoms with Gasteiger partial charge in [-0.2, -0.15) is 0 Å². The summed E-state index contributed by atoms with van der Waals surface area (Å²) in [5.41, 5.74) is 2.71. The van der Waals surface area contributed by atoms with Crippen LogP contribution >= 0.6 is 0 Å². The van der Waals surface area contributed by atoms with E-state index in [-0.39, 0.29) is 11.0 Å². The Morgan fingerprint density at radius 3 is 2.83 bits per heavy atom. The van der Waals surface area contributed by atoms with Crippen molar-refractivity contribution in [2.45, 2.75) is 0 Å². The number of imidazole rings is 1. The van der Waals surface area contributed by atoms with Crippen LogP contribution in [0.3, 0.4) is 0 Å². The van der Waals surface area contributed by atoms with Crippen LogP contribution in [0.15, 0.2) is 59.8 Å². The van der Waals surface area contributed by atoms with Crippen LogP contribution in [0.1, 0.15) is 10.4 Å². The third kappa shape index (κ3) is 2.26. The third-order valence-electron chi connectivity index (χ3n) is 3.71. The van der Waals surface area contributed by atoms with Gasteiger partial charge in [-0.1, -0.05) is 12.1 Å². The first-order valence-corrected chi connectivity index (χ1v) is 7.07. The second kappa shape index (κ2) is 5.10. The second-order valence-electron chi connectivity index (χ2n) is 5.17. The lowest BCUT2D eigenvalue weighted by Gasteiger charge is -2.06. The Bertz CT molecular complexity index is 1090. The molecule has 6 heteroatoms. The molecule has 0 aliphatic carbocycles. The van der Waals surface area contributed by atoms with Crippen molar-refractivity contribution < 1.29 is 4.79 Å². The van der Waals surface area contributed by atoms with E-state index < -0.39 is 5.91 Å². The minimum atomic E-state index is -0.448. The normalized spacial score (nSPS) is 11.0. The molecule has 0 saturated heterocycles. The van der Waals surface area contributed by atoms with E-state index in [9.17, 15) is 9.59 Å². The number of H-pyrrole nitrogens is 2. The fourth-order valence-corrected chi connectivity index (χ4v) is 2.55. The molecule has 1 amide bonds. The molecule has 0 aliphatic rings. The average molecular weight is 304 g/mol. The molecule has 23 heavy (non-hydrogen) atoms. The predicted molar refractivity (Wildman–Crippen MR) is 88.6 cm³/mol. The summed E-state index contributed by atoms with van der Waals surface area (Å²) in [6, 6.07) is 12.4. The van der Waals surface area contributed by atoms with Crippen molar-refractivity contribution >= 4 is 33.5 Å². The van der Waals surface area contributed by atoms with E-state index in [0.29, 0.717) is 16.6 Å². The molecule has 112 valence electrons. The number of fused-ring (bicyclic) bond motifs is 2. The van der Waals surface area contributed by atoms with Gasteiger partial charge in [-0.15, -0.1) is 0 Å². The summed E-state index contributed by atoms with van der Waals surface area (Å²) in [4.78, 5) is 34.9. The summed E-state index contributed by atoms with van der Waals surface area (Å²) in [6.07, 6.45) is 3.03. The number of pyridine rings is 1. The van der Waals surface area contributed by atoms with Crippen LogP contribution < -0.4 is 10.7 Å². The van der Waals surface area contributed by atoms with Crippen molar-refractivity contribution in [1.29, 1.82) is 0 Å². The maximum Gasteiger partial charge on any atom is 0.261 e. The van der Waals surface area contributed by atoms with Crippen molar-refractivity contribution in [3.63, 3.8) is 0 Å². The van der Waals surface area contributed by atoms with Crippen molar-refractivity contribution in [2.24, 2.45) is 0 Å². The molecule has 0 saturated carbocycles. The fraction of sp³-hybridized carbons (Fsp3) is 0. The minimum Gasteiger partial charge on any atom is -0.360 e. The number of aromatic nitrogens is 3. The van der Waals surface area contributed by atoms with Crippen LogP contribution in [-0.2, 0) is 0 Å². The Hall–Kier alpha value is -3.41. The van der Waals surface area contributed by atoms with Gasteiger partial charge in [-0.25, -0.2) is 4.98 Å². The minimum absolute atomic E-state index is 0.0772. The SMILES string of the molecule is O=C(Nc1ccc2nc[nH]c2c1)c1c[nH]c2ccccc2c1=O. The fourth-order valence-electron chi connectivity index (χ4n) is 2.55. The summed E-state index contributed by atoms with van der Waals surface area (Å²) in [5.74, 6) is -0.448. The Kier molecular flexibility index (Phi) is 2.94. The third-order valence-corrected chi connectivity index (χ3v) is 3.71. The number of aromatic amines is 2. The number of carbonyl (C=O) groups is 1. The summed E-state index contributed by atoms with van der Waals surface area (Å²) < 4.78 is 0. The Labute approximate surface area is 130 Å². The van der Waals surface area contributed by atoms with Gasteiger partial charge in [0.2, 0.25) is 5.43 Å². The van der Waals surface area contributed by atoms with Gasteiger partial charge in [0.1, 0.15) is 5.56 Å². The lowest BCUT2D eigenvalue weighted by molar-refractivity contribution is 0.102. The molecule has 0 atom stereocenters. The van der Waals surface area contributed by atoms with Crippen molar-refractivity contribution in [3.8, 4) is 0 Å². The number of para-hydroxylation sites is 1. The maximum atomic E-state index is 12.4. The highest BCUT2D eigenvalue weighted by atomic mass is 16.2. The monoisotopic (exact) mass is 304 g/mol. The predicted octanol–water partition coefficient (Wildman–Crippen LogP) is 2.66. The zero-order chi connectivity index (χ0) is 15.8. The first-order chi connectivity index (χ1) is 11.2. The van der Waals surface area contributed by atoms with Gasteiger partial charge in [0.25, 0.3) is 5.91 Å². The molecule has 2 aromatic heterocycles. The average Bonchev–Trinajstić information content (AvgIpc) is 3.03. The first-order valence-electron chi connectivity index (χ1n) is 7.07. The highest BCUT2D eigenvalue weighted by Gasteiger charge is 2.13. The van der Waals surface area contributed by atoms with Crippen LogP contribution in [0.5, 0.6) is 0 Å². The van der Waals surface area contributed by atoms with Gasteiger partial charge < -0.3 is 15.3 Å². The first kappa shape index (κ1) is 13.3. The molecular formula is C17H12N4O2. The summed E-state index contributed by atoms with van der Waals surface area (Å²) in [6.45, 7) is 0. The van der Waals surface area contributed by atoms with E-state index in [1.807, 2.05) is 6.07 Å². The van der Waals surface area contributed by atoms with Crippen molar-refractivity contribution in [2.75, 3.05) is 5.32 Å². The highest BCUT2D eigenvalue weighted by Crippen LogP contribution is 2.16. The molecule has 0 radical (unpaired) electrons. The number of nitrogens with zero attached hydrogens (tertiary/aromatic N) is 1. The molecule has 0 unspecified atom stereocenters. The van der Waals surface area contributed by atoms with Crippen LogP contribution in [0.25, 0.3) is 21.9 Å². The molecule has 2 heterocycles. The Morgan fingerprint density at radius 1 is 1.04 bits per heavy atom. The van der Waals surface area contributed by atoms with E-state index in [2.05, 4.69) is 20.3 Å². The topological polar surface area (TPSA) is 90.6 Å². The molecular weight excluding hydrogens is 292 g/mol. The summed E-state index contributed by atoms with van der Waals surface area (Å²) >= 11 is 0. The number of carbonyl (C=O) groups excluding carboxylic acids is 1. The Balaban J connectivity index is 1.71. The highest BCUT2D eigenvalue weighted by molar-refractivity contribution is 6.06. The molecule has 0 spiro atoms. The lowest BCUT2D eigenvalue weighted by Crippen LogP contribution is -2.21. The molecule has 4 rings (SSSR count). The van der Waals surface area contributed by atoms with Crippen LogP contribution in [0, 0.1) is 0 Å². The molecule has 0 bridgehead atoms. The van der Waals surface area contributed by atoms with E-state index in [1.165, 1.54) is 6.20 Å². The summed E-state index contributed by atoms with van der Waals surface area (Å²) in [5, 5.41) is 3.23. The number of hydrogen-bond acceptors (Lipinski definition) is 3. The molecule has 0 fully saturated rings. The van der Waals surface area contributed by atoms with Gasteiger partial charge in [-0.05, 0) is 30.3 Å². The number of hydrogen-bond donors (Lipinski definition) is 3. The molecule has 6 nitrogen and oxygen atoms in total. The van der Waals surface area contributed by atoms with Gasteiger partial charge in [0.15, 0.2) is 0 Å². The maximum absolute atomic E-state index is 12.4. The largest absolute Gasteiger partial charge is 0.360 e. The zero-order valence-corrected chi connectivity index (χ0v) is 12.0. The van der Waals surface area contributed by atoms with Crippen LogP contribution in [-0.4, -0.2) is 20.9 Å². The van der Waals surface area contributed by atoms with Gasteiger partial charge in [0.05, 0.1) is 17.4 Å². The van der Waals surface area contributed by atoms with Gasteiger partial charge >= 0.3 is 0 Å². The zero-order valence-electron chi connectivity index (χ0n) is 12.0. The molecule has 2 aromatic carbocycles. The Morgan fingerprint density at radius 2 is 1.91 bits per heavy atom. The van der Waals surface area contributed by atoms with E-state index >= 15 is 0 Å².